The van der Waals surface area contributed by atoms with Gasteiger partial charge < -0.3 is 5.32 Å². The monoisotopic (exact) mass is 440 g/mol. The molecule has 1 amide bonds. The second-order valence-corrected chi connectivity index (χ2v) is 9.62. The summed E-state index contributed by atoms with van der Waals surface area (Å²) in [4.78, 5) is 18.3. The molecule has 1 N–H and O–H groups in total. The molecule has 5 nitrogen and oxygen atoms in total. The Bertz CT molecular complexity index is 1300. The summed E-state index contributed by atoms with van der Waals surface area (Å²) in [6.07, 6.45) is 2.01. The van der Waals surface area contributed by atoms with Gasteiger partial charge in [-0.05, 0) is 43.9 Å². The fourth-order valence-corrected chi connectivity index (χ4v) is 4.12. The summed E-state index contributed by atoms with van der Waals surface area (Å²) in [7, 11) is 0. The zero-order valence-corrected chi connectivity index (χ0v) is 20.3. The first-order valence-corrected chi connectivity index (χ1v) is 11.5. The number of fused-ring (bicyclic) bond motifs is 1. The van der Waals surface area contributed by atoms with E-state index in [0.29, 0.717) is 5.56 Å². The van der Waals surface area contributed by atoms with E-state index in [-0.39, 0.29) is 17.4 Å². The minimum absolute atomic E-state index is 0.0836. The molecule has 2 heterocycles. The average molecular weight is 441 g/mol. The maximum Gasteiger partial charge on any atom is 0.252 e. The summed E-state index contributed by atoms with van der Waals surface area (Å²) in [6, 6.07) is 18.0. The molecular formula is C28H32N4O. The highest BCUT2D eigenvalue weighted by Gasteiger charge is 2.19. The molecule has 0 radical (unpaired) electrons. The maximum absolute atomic E-state index is 13.4. The lowest BCUT2D eigenvalue weighted by Gasteiger charge is -2.19. The van der Waals surface area contributed by atoms with Gasteiger partial charge in [-0.2, -0.15) is 5.10 Å². The first kappa shape index (κ1) is 22.7. The average Bonchev–Trinajstić information content (AvgIpc) is 3.18. The third kappa shape index (κ3) is 4.68. The van der Waals surface area contributed by atoms with Crippen LogP contribution in [0, 0.1) is 6.92 Å². The van der Waals surface area contributed by atoms with Gasteiger partial charge in [0.15, 0.2) is 0 Å². The van der Waals surface area contributed by atoms with E-state index < -0.39 is 0 Å². The highest BCUT2D eigenvalue weighted by Crippen LogP contribution is 2.28. The molecule has 5 heteroatoms. The molecule has 0 aliphatic rings. The van der Waals surface area contributed by atoms with E-state index in [0.717, 1.165) is 40.0 Å². The van der Waals surface area contributed by atoms with Crippen molar-refractivity contribution < 1.29 is 4.79 Å². The number of hydrogen-bond donors (Lipinski definition) is 1. The normalized spacial score (nSPS) is 12.7. The van der Waals surface area contributed by atoms with Crippen molar-refractivity contribution in [1.29, 1.82) is 0 Å². The van der Waals surface area contributed by atoms with E-state index in [1.807, 2.05) is 55.1 Å². The topological polar surface area (TPSA) is 59.8 Å². The smallest absolute Gasteiger partial charge is 0.252 e. The van der Waals surface area contributed by atoms with Crippen LogP contribution < -0.4 is 5.32 Å². The van der Waals surface area contributed by atoms with Crippen LogP contribution in [0.5, 0.6) is 0 Å². The highest BCUT2D eigenvalue weighted by atomic mass is 16.1. The van der Waals surface area contributed by atoms with Gasteiger partial charge in [-0.25, -0.2) is 4.98 Å². The molecule has 1 unspecified atom stereocenters. The van der Waals surface area contributed by atoms with Gasteiger partial charge in [-0.15, -0.1) is 0 Å². The van der Waals surface area contributed by atoms with Crippen LogP contribution in [0.2, 0.25) is 0 Å². The molecule has 2 aromatic carbocycles. The van der Waals surface area contributed by atoms with Crippen molar-refractivity contribution in [3.05, 3.63) is 83.2 Å². The van der Waals surface area contributed by atoms with E-state index in [1.165, 1.54) is 5.56 Å². The van der Waals surface area contributed by atoms with Crippen LogP contribution in [-0.2, 0) is 12.0 Å². The lowest BCUT2D eigenvalue weighted by Crippen LogP contribution is -2.27. The van der Waals surface area contributed by atoms with Crippen molar-refractivity contribution >= 4 is 16.8 Å². The predicted octanol–water partition coefficient (Wildman–Crippen LogP) is 6.22. The molecule has 0 saturated heterocycles. The number of carbonyl (C=O) groups excluding carboxylic acids is 1. The molecule has 170 valence electrons. The van der Waals surface area contributed by atoms with Gasteiger partial charge in [-0.3, -0.25) is 9.48 Å². The van der Waals surface area contributed by atoms with E-state index >= 15 is 0 Å². The summed E-state index contributed by atoms with van der Waals surface area (Å²) in [5.41, 5.74) is 6.54. The van der Waals surface area contributed by atoms with Crippen molar-refractivity contribution in [1.82, 2.24) is 20.1 Å². The lowest BCUT2D eigenvalue weighted by molar-refractivity contribution is 0.0941. The van der Waals surface area contributed by atoms with Crippen molar-refractivity contribution in [3.8, 4) is 11.3 Å². The molecule has 0 aliphatic heterocycles. The first-order chi connectivity index (χ1) is 15.7. The number of rotatable bonds is 5. The van der Waals surface area contributed by atoms with Gasteiger partial charge in [0.25, 0.3) is 5.91 Å². The summed E-state index contributed by atoms with van der Waals surface area (Å²) < 4.78 is 1.90. The molecule has 4 rings (SSSR count). The van der Waals surface area contributed by atoms with Gasteiger partial charge in [-0.1, -0.05) is 63.2 Å². The first-order valence-electron chi connectivity index (χ1n) is 11.5. The van der Waals surface area contributed by atoms with Crippen molar-refractivity contribution in [2.24, 2.45) is 0 Å². The third-order valence-electron chi connectivity index (χ3n) is 6.13. The third-order valence-corrected chi connectivity index (χ3v) is 6.13. The molecular weight excluding hydrogens is 408 g/mol. The fraction of sp³-hybridized carbons (Fsp3) is 0.321. The Balaban J connectivity index is 1.71. The second kappa shape index (κ2) is 8.81. The summed E-state index contributed by atoms with van der Waals surface area (Å²) in [6.45, 7) is 13.4. The van der Waals surface area contributed by atoms with Crippen LogP contribution in [0.4, 0.5) is 0 Å². The highest BCUT2D eigenvalue weighted by molar-refractivity contribution is 6.07. The Morgan fingerprint density at radius 1 is 1.09 bits per heavy atom. The van der Waals surface area contributed by atoms with E-state index in [4.69, 9.17) is 4.98 Å². The number of aromatic nitrogens is 3. The van der Waals surface area contributed by atoms with Crippen LogP contribution >= 0.6 is 0 Å². The number of carbonyl (C=O) groups is 1. The SMILES string of the molecule is CCn1cc(C(C)NC(=O)c2cc(-c3ccc(C(C)(C)C)cc3)nc3ccccc23)c(C)n1. The molecule has 1 atom stereocenters. The van der Waals surface area contributed by atoms with E-state index in [1.54, 1.807) is 0 Å². The van der Waals surface area contributed by atoms with Crippen LogP contribution in [0.1, 0.15) is 67.8 Å². The van der Waals surface area contributed by atoms with Crippen molar-refractivity contribution in [2.75, 3.05) is 0 Å². The van der Waals surface area contributed by atoms with E-state index in [2.05, 4.69) is 62.4 Å². The number of nitrogens with zero attached hydrogens (tertiary/aromatic N) is 3. The second-order valence-electron chi connectivity index (χ2n) is 9.62. The van der Waals surface area contributed by atoms with Crippen LogP contribution in [0.25, 0.3) is 22.2 Å². The predicted molar refractivity (Wildman–Crippen MR) is 134 cm³/mol. The number of hydrogen-bond acceptors (Lipinski definition) is 3. The summed E-state index contributed by atoms with van der Waals surface area (Å²) in [5, 5.41) is 8.53. The van der Waals surface area contributed by atoms with Gasteiger partial charge in [0.2, 0.25) is 0 Å². The summed E-state index contributed by atoms with van der Waals surface area (Å²) in [5.74, 6) is -0.114. The molecule has 2 aromatic heterocycles. The minimum atomic E-state index is -0.153. The maximum atomic E-state index is 13.4. The largest absolute Gasteiger partial charge is 0.345 e. The molecule has 0 aliphatic carbocycles. The number of amides is 1. The number of aryl methyl sites for hydroxylation is 2. The van der Waals surface area contributed by atoms with E-state index in [9.17, 15) is 4.79 Å². The molecule has 0 bridgehead atoms. The van der Waals surface area contributed by atoms with Gasteiger partial charge in [0.05, 0.1) is 28.5 Å². The van der Waals surface area contributed by atoms with Gasteiger partial charge >= 0.3 is 0 Å². The molecule has 0 spiro atoms. The van der Waals surface area contributed by atoms with Crippen molar-refractivity contribution in [2.45, 2.75) is 59.5 Å². The molecule has 4 aromatic rings. The Morgan fingerprint density at radius 3 is 2.42 bits per heavy atom. The van der Waals surface area contributed by atoms with Crippen LogP contribution in [0.3, 0.4) is 0 Å². The van der Waals surface area contributed by atoms with Crippen LogP contribution in [-0.4, -0.2) is 20.7 Å². The summed E-state index contributed by atoms with van der Waals surface area (Å²) >= 11 is 0. The Morgan fingerprint density at radius 2 is 1.79 bits per heavy atom. The molecule has 0 fully saturated rings. The minimum Gasteiger partial charge on any atom is -0.345 e. The standard InChI is InChI=1S/C28H32N4O/c1-7-32-17-24(19(3)31-32)18(2)29-27(33)23-16-26(30-25-11-9-8-10-22(23)25)20-12-14-21(15-13-20)28(4,5)6/h8-18H,7H2,1-6H3,(H,29,33). The number of benzene rings is 2. The number of para-hydroxylation sites is 1. The van der Waals surface area contributed by atoms with Crippen LogP contribution in [0.15, 0.2) is 60.8 Å². The lowest BCUT2D eigenvalue weighted by atomic mass is 9.86. The van der Waals surface area contributed by atoms with Gasteiger partial charge in [0.1, 0.15) is 0 Å². The number of nitrogens with one attached hydrogen (secondary N) is 1. The Labute approximate surface area is 195 Å². The Kier molecular flexibility index (Phi) is 6.07. The quantitative estimate of drug-likeness (QED) is 0.401. The molecule has 0 saturated carbocycles. The fourth-order valence-electron chi connectivity index (χ4n) is 4.12. The number of pyridine rings is 1. The zero-order chi connectivity index (χ0) is 23.8. The Hall–Kier alpha value is -3.47. The van der Waals surface area contributed by atoms with Crippen molar-refractivity contribution in [3.63, 3.8) is 0 Å². The van der Waals surface area contributed by atoms with Gasteiger partial charge in [0, 0.05) is 29.3 Å². The molecule has 33 heavy (non-hydrogen) atoms. The zero-order valence-electron chi connectivity index (χ0n) is 20.3.